The summed E-state index contributed by atoms with van der Waals surface area (Å²) in [5.41, 5.74) is 1.82. The molecule has 0 bridgehead atoms. The van der Waals surface area contributed by atoms with Crippen LogP contribution in [0.1, 0.15) is 16.1 Å². The Kier molecular flexibility index (Phi) is 3.51. The van der Waals surface area contributed by atoms with Crippen LogP contribution in [0.2, 0.25) is 0 Å². The summed E-state index contributed by atoms with van der Waals surface area (Å²) in [5, 5.41) is 3.51. The van der Waals surface area contributed by atoms with Gasteiger partial charge >= 0.3 is 0 Å². The van der Waals surface area contributed by atoms with Gasteiger partial charge in [0.1, 0.15) is 11.4 Å². The van der Waals surface area contributed by atoms with Gasteiger partial charge in [-0.15, -0.1) is 0 Å². The zero-order valence-electron chi connectivity index (χ0n) is 11.1. The van der Waals surface area contributed by atoms with Crippen LogP contribution in [0.15, 0.2) is 51.4 Å². The molecule has 2 aromatic carbocycles. The Morgan fingerprint density at radius 2 is 2.00 bits per heavy atom. The molecule has 1 aromatic heterocycles. The van der Waals surface area contributed by atoms with Crippen LogP contribution in [0.3, 0.4) is 0 Å². The summed E-state index contributed by atoms with van der Waals surface area (Å²) in [6.07, 6.45) is 0. The Morgan fingerprint density at radius 3 is 2.76 bits per heavy atom. The quantitative estimate of drug-likeness (QED) is 0.716. The van der Waals surface area contributed by atoms with E-state index in [1.165, 1.54) is 6.07 Å². The number of hydrogen-bond donors (Lipinski definition) is 1. The molecule has 0 fully saturated rings. The van der Waals surface area contributed by atoms with Crippen molar-refractivity contribution >= 4 is 38.5 Å². The molecule has 0 saturated heterocycles. The van der Waals surface area contributed by atoms with Crippen LogP contribution in [0.4, 0.5) is 10.1 Å². The van der Waals surface area contributed by atoms with E-state index in [1.54, 1.807) is 25.1 Å². The van der Waals surface area contributed by atoms with E-state index in [0.29, 0.717) is 15.7 Å². The average Bonchev–Trinajstić information content (AvgIpc) is 2.88. The van der Waals surface area contributed by atoms with Crippen molar-refractivity contribution in [2.24, 2.45) is 0 Å². The predicted molar refractivity (Wildman–Crippen MR) is 83.0 cm³/mol. The van der Waals surface area contributed by atoms with Gasteiger partial charge in [0.15, 0.2) is 5.76 Å². The molecule has 0 aliphatic carbocycles. The number of carbonyl (C=O) groups is 1. The van der Waals surface area contributed by atoms with Crippen LogP contribution in [0.25, 0.3) is 11.0 Å². The molecule has 0 unspecified atom stereocenters. The maximum absolute atomic E-state index is 13.6. The van der Waals surface area contributed by atoms with E-state index < -0.39 is 11.7 Å². The van der Waals surface area contributed by atoms with Crippen molar-refractivity contribution in [2.75, 3.05) is 5.32 Å². The third-order valence-corrected chi connectivity index (χ3v) is 3.77. The number of aryl methyl sites for hydroxylation is 1. The molecule has 3 rings (SSSR count). The topological polar surface area (TPSA) is 42.2 Å². The molecule has 106 valence electrons. The highest BCUT2D eigenvalue weighted by Gasteiger charge is 2.14. The van der Waals surface area contributed by atoms with Crippen molar-refractivity contribution < 1.29 is 13.6 Å². The molecule has 0 aliphatic heterocycles. The first kappa shape index (κ1) is 13.8. The highest BCUT2D eigenvalue weighted by Crippen LogP contribution is 2.25. The molecule has 0 aliphatic rings. The molecule has 1 heterocycles. The molecule has 0 saturated carbocycles. The summed E-state index contributed by atoms with van der Waals surface area (Å²) in [4.78, 5) is 12.2. The second-order valence-electron chi connectivity index (χ2n) is 4.68. The molecular formula is C16H11BrFNO2. The molecule has 0 radical (unpaired) electrons. The molecule has 0 atom stereocenters. The Hall–Kier alpha value is -2.14. The summed E-state index contributed by atoms with van der Waals surface area (Å²) in [6.45, 7) is 1.79. The maximum Gasteiger partial charge on any atom is 0.291 e. The van der Waals surface area contributed by atoms with Crippen molar-refractivity contribution in [2.45, 2.75) is 6.92 Å². The molecular weight excluding hydrogens is 337 g/mol. The van der Waals surface area contributed by atoms with Crippen LogP contribution >= 0.6 is 15.9 Å². The second-order valence-corrected chi connectivity index (χ2v) is 5.54. The van der Waals surface area contributed by atoms with Gasteiger partial charge in [-0.05, 0) is 52.7 Å². The fourth-order valence-corrected chi connectivity index (χ4v) is 2.52. The van der Waals surface area contributed by atoms with Crippen molar-refractivity contribution in [1.82, 2.24) is 0 Å². The van der Waals surface area contributed by atoms with Gasteiger partial charge < -0.3 is 9.73 Å². The molecule has 3 nitrogen and oxygen atoms in total. The molecule has 21 heavy (non-hydrogen) atoms. The zero-order valence-corrected chi connectivity index (χ0v) is 12.7. The van der Waals surface area contributed by atoms with Crippen molar-refractivity contribution in [3.63, 3.8) is 0 Å². The maximum atomic E-state index is 13.6. The Labute approximate surface area is 128 Å². The number of nitrogens with one attached hydrogen (secondary N) is 1. The van der Waals surface area contributed by atoms with Gasteiger partial charge in [-0.3, -0.25) is 4.79 Å². The number of halogens is 2. The molecule has 1 amide bonds. The first-order chi connectivity index (χ1) is 10.0. The minimum atomic E-state index is -0.430. The summed E-state index contributed by atoms with van der Waals surface area (Å²) in [7, 11) is 0. The lowest BCUT2D eigenvalue weighted by Crippen LogP contribution is -2.12. The highest BCUT2D eigenvalue weighted by atomic mass is 79.9. The molecule has 3 aromatic rings. The Balaban J connectivity index is 1.91. The fraction of sp³-hybridized carbons (Fsp3) is 0.0625. The number of amides is 1. The van der Waals surface area contributed by atoms with Crippen LogP contribution < -0.4 is 5.32 Å². The zero-order chi connectivity index (χ0) is 15.0. The van der Waals surface area contributed by atoms with Gasteiger partial charge in [0.25, 0.3) is 5.91 Å². The molecule has 1 N–H and O–H groups in total. The summed E-state index contributed by atoms with van der Waals surface area (Å²) >= 11 is 3.11. The molecule has 0 spiro atoms. The van der Waals surface area contributed by atoms with Gasteiger partial charge in [-0.1, -0.05) is 18.2 Å². The number of carbonyl (C=O) groups excluding carboxylic acids is 1. The first-order valence-electron chi connectivity index (χ1n) is 6.30. The van der Waals surface area contributed by atoms with Crippen LogP contribution in [-0.2, 0) is 0 Å². The number of benzene rings is 2. The highest BCUT2D eigenvalue weighted by molar-refractivity contribution is 9.10. The summed E-state index contributed by atoms with van der Waals surface area (Å²) in [6, 6.07) is 11.9. The minimum Gasteiger partial charge on any atom is -0.451 e. The van der Waals surface area contributed by atoms with Crippen molar-refractivity contribution in [1.29, 1.82) is 0 Å². The lowest BCUT2D eigenvalue weighted by atomic mass is 10.2. The largest absolute Gasteiger partial charge is 0.451 e. The Bertz CT molecular complexity index is 808. The van der Waals surface area contributed by atoms with E-state index in [2.05, 4.69) is 21.2 Å². The minimum absolute atomic E-state index is 0.193. The van der Waals surface area contributed by atoms with Gasteiger partial charge in [-0.25, -0.2) is 4.39 Å². The second kappa shape index (κ2) is 5.33. The van der Waals surface area contributed by atoms with E-state index in [0.717, 1.165) is 10.9 Å². The third kappa shape index (κ3) is 2.69. The van der Waals surface area contributed by atoms with Crippen molar-refractivity contribution in [3.8, 4) is 0 Å². The Morgan fingerprint density at radius 1 is 1.24 bits per heavy atom. The van der Waals surface area contributed by atoms with Gasteiger partial charge in [-0.2, -0.15) is 0 Å². The fourth-order valence-electron chi connectivity index (χ4n) is 2.06. The molecule has 5 heteroatoms. The third-order valence-electron chi connectivity index (χ3n) is 3.16. The smallest absolute Gasteiger partial charge is 0.291 e. The average molecular weight is 348 g/mol. The van der Waals surface area contributed by atoms with Crippen LogP contribution in [0.5, 0.6) is 0 Å². The van der Waals surface area contributed by atoms with E-state index in [1.807, 2.05) is 18.2 Å². The van der Waals surface area contributed by atoms with Crippen molar-refractivity contribution in [3.05, 3.63) is 64.1 Å². The van der Waals surface area contributed by atoms with Gasteiger partial charge in [0.2, 0.25) is 0 Å². The number of anilines is 1. The lowest BCUT2D eigenvalue weighted by Gasteiger charge is -2.08. The number of rotatable bonds is 2. The lowest BCUT2D eigenvalue weighted by molar-refractivity contribution is 0.0998. The summed E-state index contributed by atoms with van der Waals surface area (Å²) < 4.78 is 19.4. The van der Waals surface area contributed by atoms with E-state index >= 15 is 0 Å². The first-order valence-corrected chi connectivity index (χ1v) is 7.09. The van der Waals surface area contributed by atoms with E-state index in [4.69, 9.17) is 4.42 Å². The number of fused-ring (bicyclic) bond motifs is 1. The van der Waals surface area contributed by atoms with Gasteiger partial charge in [0, 0.05) is 11.1 Å². The van der Waals surface area contributed by atoms with Crippen LogP contribution in [0, 0.1) is 12.7 Å². The predicted octanol–water partition coefficient (Wildman–Crippen LogP) is 4.90. The number of para-hydroxylation sites is 1. The number of furan rings is 1. The summed E-state index contributed by atoms with van der Waals surface area (Å²) in [5.74, 6) is -0.643. The monoisotopic (exact) mass is 347 g/mol. The SMILES string of the molecule is Cc1cc(Br)c(F)cc1NC(=O)c1cc2ccccc2o1. The standard InChI is InChI=1S/C16H11BrFNO2/c1-9-6-11(17)12(18)8-13(9)19-16(20)15-7-10-4-2-3-5-14(10)21-15/h2-8H,1H3,(H,19,20). The van der Waals surface area contributed by atoms with Crippen LogP contribution in [-0.4, -0.2) is 5.91 Å². The van der Waals surface area contributed by atoms with E-state index in [9.17, 15) is 9.18 Å². The van der Waals surface area contributed by atoms with Gasteiger partial charge in [0.05, 0.1) is 4.47 Å². The number of hydrogen-bond acceptors (Lipinski definition) is 2. The van der Waals surface area contributed by atoms with E-state index in [-0.39, 0.29) is 5.76 Å². The normalized spacial score (nSPS) is 10.8.